The lowest BCUT2D eigenvalue weighted by Gasteiger charge is -2.29. The van der Waals surface area contributed by atoms with E-state index in [0.717, 1.165) is 11.3 Å². The van der Waals surface area contributed by atoms with Gasteiger partial charge in [0.2, 0.25) is 5.79 Å². The highest BCUT2D eigenvalue weighted by Gasteiger charge is 2.31. The van der Waals surface area contributed by atoms with Crippen molar-refractivity contribution in [2.45, 2.75) is 5.79 Å². The van der Waals surface area contributed by atoms with Crippen LogP contribution in [0.1, 0.15) is 5.56 Å². The molecule has 0 aliphatic carbocycles. The molecule has 0 aliphatic rings. The van der Waals surface area contributed by atoms with Crippen LogP contribution in [-0.4, -0.2) is 26.7 Å². The molecular formula is C11H15BrO3. The molecule has 4 heteroatoms. The van der Waals surface area contributed by atoms with Crippen LogP contribution in [0.3, 0.4) is 0 Å². The number of benzene rings is 1. The molecule has 0 bridgehead atoms. The zero-order valence-electron chi connectivity index (χ0n) is 9.12. The summed E-state index contributed by atoms with van der Waals surface area (Å²) in [6.07, 6.45) is 0. The lowest BCUT2D eigenvalue weighted by molar-refractivity contribution is -0.197. The third-order valence-electron chi connectivity index (χ3n) is 2.34. The first-order chi connectivity index (χ1) is 7.22. The Morgan fingerprint density at radius 1 is 1.20 bits per heavy atom. The van der Waals surface area contributed by atoms with Gasteiger partial charge in [-0.1, -0.05) is 28.1 Å². The molecule has 0 amide bonds. The normalized spacial score (nSPS) is 11.5. The number of halogens is 1. The molecule has 0 heterocycles. The largest absolute Gasteiger partial charge is 0.497 e. The van der Waals surface area contributed by atoms with Gasteiger partial charge in [-0.3, -0.25) is 0 Å². The summed E-state index contributed by atoms with van der Waals surface area (Å²) in [6.45, 7) is 0. The van der Waals surface area contributed by atoms with E-state index < -0.39 is 5.79 Å². The summed E-state index contributed by atoms with van der Waals surface area (Å²) in [7, 11) is 4.86. The molecule has 0 spiro atoms. The van der Waals surface area contributed by atoms with E-state index in [4.69, 9.17) is 14.2 Å². The van der Waals surface area contributed by atoms with E-state index >= 15 is 0 Å². The van der Waals surface area contributed by atoms with Crippen LogP contribution in [0.25, 0.3) is 0 Å². The second-order valence-electron chi connectivity index (χ2n) is 3.03. The Kier molecular flexibility index (Phi) is 4.57. The number of alkyl halides is 1. The quantitative estimate of drug-likeness (QED) is 0.610. The van der Waals surface area contributed by atoms with E-state index in [0.29, 0.717) is 5.33 Å². The smallest absolute Gasteiger partial charge is 0.204 e. The molecule has 1 aromatic rings. The van der Waals surface area contributed by atoms with Gasteiger partial charge in [0, 0.05) is 19.8 Å². The molecule has 0 atom stereocenters. The summed E-state index contributed by atoms with van der Waals surface area (Å²) in [4.78, 5) is 0. The zero-order valence-corrected chi connectivity index (χ0v) is 10.7. The van der Waals surface area contributed by atoms with Crippen LogP contribution in [-0.2, 0) is 15.3 Å². The van der Waals surface area contributed by atoms with Gasteiger partial charge in [0.1, 0.15) is 5.75 Å². The fourth-order valence-corrected chi connectivity index (χ4v) is 2.15. The summed E-state index contributed by atoms with van der Waals surface area (Å²) in [5, 5.41) is 0.556. The highest BCUT2D eigenvalue weighted by atomic mass is 79.9. The molecule has 3 nitrogen and oxygen atoms in total. The van der Waals surface area contributed by atoms with Crippen molar-refractivity contribution in [1.29, 1.82) is 0 Å². The van der Waals surface area contributed by atoms with Crippen molar-refractivity contribution in [1.82, 2.24) is 0 Å². The van der Waals surface area contributed by atoms with Gasteiger partial charge < -0.3 is 14.2 Å². The van der Waals surface area contributed by atoms with Gasteiger partial charge in [-0.15, -0.1) is 0 Å². The Hall–Kier alpha value is -0.580. The summed E-state index contributed by atoms with van der Waals surface area (Å²) in [5.41, 5.74) is 0.920. The van der Waals surface area contributed by atoms with Crippen molar-refractivity contribution in [3.8, 4) is 5.75 Å². The minimum absolute atomic E-state index is 0.556. The van der Waals surface area contributed by atoms with Crippen molar-refractivity contribution < 1.29 is 14.2 Å². The molecule has 15 heavy (non-hydrogen) atoms. The third-order valence-corrected chi connectivity index (χ3v) is 3.08. The Bertz CT molecular complexity index is 302. The monoisotopic (exact) mass is 274 g/mol. The van der Waals surface area contributed by atoms with Crippen molar-refractivity contribution in [2.24, 2.45) is 0 Å². The van der Waals surface area contributed by atoms with Gasteiger partial charge in [0.05, 0.1) is 12.4 Å². The average Bonchev–Trinajstić information content (AvgIpc) is 2.32. The summed E-state index contributed by atoms with van der Waals surface area (Å²) in [6, 6.07) is 7.63. The molecule has 0 saturated carbocycles. The minimum atomic E-state index is -0.755. The predicted molar refractivity (Wildman–Crippen MR) is 62.5 cm³/mol. The minimum Gasteiger partial charge on any atom is -0.497 e. The fraction of sp³-hybridized carbons (Fsp3) is 0.455. The van der Waals surface area contributed by atoms with E-state index in [1.807, 2.05) is 24.3 Å². The third kappa shape index (κ3) is 2.51. The van der Waals surface area contributed by atoms with Gasteiger partial charge in [0.25, 0.3) is 0 Å². The van der Waals surface area contributed by atoms with Crippen LogP contribution < -0.4 is 4.74 Å². The van der Waals surface area contributed by atoms with Crippen LogP contribution >= 0.6 is 15.9 Å². The molecular weight excluding hydrogens is 260 g/mol. The lowest BCUT2D eigenvalue weighted by Crippen LogP contribution is -2.32. The maximum atomic E-state index is 5.40. The molecule has 0 aliphatic heterocycles. The van der Waals surface area contributed by atoms with Crippen LogP contribution in [0.15, 0.2) is 24.3 Å². The molecule has 84 valence electrons. The Balaban J connectivity index is 3.10. The topological polar surface area (TPSA) is 27.7 Å². The molecule has 0 aromatic heterocycles. The van der Waals surface area contributed by atoms with Crippen LogP contribution in [0, 0.1) is 0 Å². The number of ether oxygens (including phenoxy) is 3. The number of hydrogen-bond acceptors (Lipinski definition) is 3. The molecule has 1 aromatic carbocycles. The van der Waals surface area contributed by atoms with E-state index in [9.17, 15) is 0 Å². The van der Waals surface area contributed by atoms with Crippen LogP contribution in [0.5, 0.6) is 5.75 Å². The van der Waals surface area contributed by atoms with E-state index in [2.05, 4.69) is 15.9 Å². The maximum absolute atomic E-state index is 5.40. The van der Waals surface area contributed by atoms with Crippen molar-refractivity contribution in [3.05, 3.63) is 29.8 Å². The molecule has 0 unspecified atom stereocenters. The molecule has 0 N–H and O–H groups in total. The standard InChI is InChI=1S/C11H15BrO3/c1-13-10-6-4-5-9(7-10)11(8-12,14-2)15-3/h4-7H,8H2,1-3H3. The van der Waals surface area contributed by atoms with Crippen molar-refractivity contribution in [3.63, 3.8) is 0 Å². The van der Waals surface area contributed by atoms with Gasteiger partial charge >= 0.3 is 0 Å². The van der Waals surface area contributed by atoms with E-state index in [1.165, 1.54) is 0 Å². The Morgan fingerprint density at radius 3 is 2.33 bits per heavy atom. The van der Waals surface area contributed by atoms with Gasteiger partial charge in [0.15, 0.2) is 0 Å². The zero-order chi connectivity index (χ0) is 11.3. The summed E-state index contributed by atoms with van der Waals surface area (Å²) < 4.78 is 16.0. The first-order valence-corrected chi connectivity index (χ1v) is 5.65. The highest BCUT2D eigenvalue weighted by molar-refractivity contribution is 9.09. The predicted octanol–water partition coefficient (Wildman–Crippen LogP) is 2.54. The van der Waals surface area contributed by atoms with Crippen molar-refractivity contribution in [2.75, 3.05) is 26.7 Å². The van der Waals surface area contributed by atoms with E-state index in [-0.39, 0.29) is 0 Å². The first-order valence-electron chi connectivity index (χ1n) is 4.53. The number of methoxy groups -OCH3 is 3. The second kappa shape index (κ2) is 5.49. The van der Waals surface area contributed by atoms with Gasteiger partial charge in [-0.2, -0.15) is 0 Å². The molecule has 0 radical (unpaired) electrons. The Labute approximate surface area is 98.5 Å². The average molecular weight is 275 g/mol. The lowest BCUT2D eigenvalue weighted by atomic mass is 10.1. The summed E-state index contributed by atoms with van der Waals surface area (Å²) >= 11 is 3.39. The molecule has 1 rings (SSSR count). The summed E-state index contributed by atoms with van der Waals surface area (Å²) in [5.74, 6) is 0.0288. The van der Waals surface area contributed by atoms with Crippen LogP contribution in [0.2, 0.25) is 0 Å². The van der Waals surface area contributed by atoms with E-state index in [1.54, 1.807) is 21.3 Å². The Morgan fingerprint density at radius 2 is 1.87 bits per heavy atom. The fourth-order valence-electron chi connectivity index (χ4n) is 1.37. The molecule has 0 saturated heterocycles. The SMILES string of the molecule is COc1cccc(C(CBr)(OC)OC)c1. The second-order valence-corrected chi connectivity index (χ2v) is 3.59. The van der Waals surface area contributed by atoms with Crippen LogP contribution in [0.4, 0.5) is 0 Å². The highest BCUT2D eigenvalue weighted by Crippen LogP contribution is 2.30. The van der Waals surface area contributed by atoms with Gasteiger partial charge in [-0.05, 0) is 12.1 Å². The maximum Gasteiger partial charge on any atom is 0.204 e. The van der Waals surface area contributed by atoms with Gasteiger partial charge in [-0.25, -0.2) is 0 Å². The number of hydrogen-bond donors (Lipinski definition) is 0. The first kappa shape index (κ1) is 12.5. The molecule has 0 fully saturated rings. The number of rotatable bonds is 5. The van der Waals surface area contributed by atoms with Crippen molar-refractivity contribution >= 4 is 15.9 Å².